The molecule has 3 aromatic rings. The first kappa shape index (κ1) is 29.7. The molecule has 0 radical (unpaired) electrons. The van der Waals surface area contributed by atoms with Gasteiger partial charge in [-0.05, 0) is 36.6 Å². The Kier molecular flexibility index (Phi) is 10.5. The number of amides is 2. The summed E-state index contributed by atoms with van der Waals surface area (Å²) in [5.41, 5.74) is 3.04. The molecular weight excluding hydrogens is 514 g/mol. The average Bonchev–Trinajstić information content (AvgIpc) is 2.93. The molecule has 0 heterocycles. The topological polar surface area (TPSA) is 96.0 Å². The summed E-state index contributed by atoms with van der Waals surface area (Å²) in [5, 5.41) is 2.93. The molecular formula is C30H37N3O5S. The van der Waals surface area contributed by atoms with Crippen LogP contribution in [0, 0.1) is 6.92 Å². The first-order valence-electron chi connectivity index (χ1n) is 12.9. The van der Waals surface area contributed by atoms with Crippen molar-refractivity contribution in [3.63, 3.8) is 0 Å². The van der Waals surface area contributed by atoms with Gasteiger partial charge in [0.2, 0.25) is 21.8 Å². The van der Waals surface area contributed by atoms with Crippen LogP contribution in [0.25, 0.3) is 0 Å². The van der Waals surface area contributed by atoms with Gasteiger partial charge in [0.25, 0.3) is 0 Å². The van der Waals surface area contributed by atoms with E-state index in [9.17, 15) is 18.0 Å². The lowest BCUT2D eigenvalue weighted by atomic mass is 10.0. The summed E-state index contributed by atoms with van der Waals surface area (Å²) in [6, 6.07) is 23.0. The van der Waals surface area contributed by atoms with Crippen LogP contribution in [0.1, 0.15) is 30.0 Å². The summed E-state index contributed by atoms with van der Waals surface area (Å²) in [5.74, 6) is -0.466. The molecule has 0 aliphatic heterocycles. The minimum Gasteiger partial charge on any atom is -0.495 e. The fourth-order valence-corrected chi connectivity index (χ4v) is 5.09. The lowest BCUT2D eigenvalue weighted by Crippen LogP contribution is -2.53. The van der Waals surface area contributed by atoms with E-state index >= 15 is 0 Å². The molecule has 0 aliphatic rings. The minimum atomic E-state index is -3.87. The summed E-state index contributed by atoms with van der Waals surface area (Å²) in [6.07, 6.45) is 2.07. The largest absolute Gasteiger partial charge is 0.495 e. The maximum atomic E-state index is 14.1. The van der Waals surface area contributed by atoms with Crippen LogP contribution in [-0.2, 0) is 32.6 Å². The molecule has 8 nitrogen and oxygen atoms in total. The van der Waals surface area contributed by atoms with Crippen LogP contribution in [0.15, 0.2) is 78.9 Å². The normalized spacial score (nSPS) is 11.9. The number of rotatable bonds is 13. The molecule has 3 rings (SSSR count). The first-order valence-corrected chi connectivity index (χ1v) is 14.8. The Morgan fingerprint density at radius 3 is 2.18 bits per heavy atom. The smallest absolute Gasteiger partial charge is 0.244 e. The van der Waals surface area contributed by atoms with Crippen LogP contribution >= 0.6 is 0 Å². The number of ether oxygens (including phenoxy) is 1. The fraction of sp³-hybridized carbons (Fsp3) is 0.333. The molecule has 1 atom stereocenters. The molecule has 1 N–H and O–H groups in total. The molecule has 0 fully saturated rings. The van der Waals surface area contributed by atoms with Crippen LogP contribution in [0.2, 0.25) is 0 Å². The number of methoxy groups -OCH3 is 1. The SMILES string of the molecule is CCCNC(=O)[C@@H](Cc1ccccc1)N(Cc1ccc(C)cc1)C(=O)CN(c1ccccc1OC)S(C)(=O)=O. The maximum absolute atomic E-state index is 14.1. The van der Waals surface area contributed by atoms with Gasteiger partial charge in [0.1, 0.15) is 18.3 Å². The number of hydrogen-bond donors (Lipinski definition) is 1. The molecule has 9 heteroatoms. The van der Waals surface area contributed by atoms with Crippen molar-refractivity contribution in [3.05, 3.63) is 95.6 Å². The number of para-hydroxylation sites is 2. The summed E-state index contributed by atoms with van der Waals surface area (Å²) in [7, 11) is -2.43. The van der Waals surface area contributed by atoms with Gasteiger partial charge in [-0.15, -0.1) is 0 Å². The van der Waals surface area contributed by atoms with E-state index in [-0.39, 0.29) is 24.6 Å². The van der Waals surface area contributed by atoms with Crippen LogP contribution in [0.5, 0.6) is 5.75 Å². The molecule has 2 amide bonds. The summed E-state index contributed by atoms with van der Waals surface area (Å²) in [4.78, 5) is 29.0. The fourth-order valence-electron chi connectivity index (χ4n) is 4.24. The highest BCUT2D eigenvalue weighted by molar-refractivity contribution is 7.92. The van der Waals surface area contributed by atoms with Gasteiger partial charge >= 0.3 is 0 Å². The third kappa shape index (κ3) is 8.32. The third-order valence-electron chi connectivity index (χ3n) is 6.33. The highest BCUT2D eigenvalue weighted by atomic mass is 32.2. The predicted molar refractivity (Wildman–Crippen MR) is 154 cm³/mol. The number of aryl methyl sites for hydroxylation is 1. The number of hydrogen-bond acceptors (Lipinski definition) is 5. The highest BCUT2D eigenvalue weighted by Gasteiger charge is 2.33. The van der Waals surface area contributed by atoms with Crippen molar-refractivity contribution in [3.8, 4) is 5.75 Å². The quantitative estimate of drug-likeness (QED) is 0.347. The second-order valence-electron chi connectivity index (χ2n) is 9.45. The molecule has 0 bridgehead atoms. The Labute approximate surface area is 231 Å². The van der Waals surface area contributed by atoms with Crippen molar-refractivity contribution in [2.45, 2.75) is 39.3 Å². The molecule has 39 heavy (non-hydrogen) atoms. The van der Waals surface area contributed by atoms with Crippen molar-refractivity contribution in [1.29, 1.82) is 0 Å². The second-order valence-corrected chi connectivity index (χ2v) is 11.4. The van der Waals surface area contributed by atoms with Crippen molar-refractivity contribution >= 4 is 27.5 Å². The molecule has 0 aromatic heterocycles. The Morgan fingerprint density at radius 2 is 1.56 bits per heavy atom. The van der Waals surface area contributed by atoms with Gasteiger partial charge in [-0.25, -0.2) is 8.42 Å². The van der Waals surface area contributed by atoms with Crippen molar-refractivity contribution in [2.75, 3.05) is 30.8 Å². The molecule has 0 spiro atoms. The zero-order chi connectivity index (χ0) is 28.4. The maximum Gasteiger partial charge on any atom is 0.244 e. The van der Waals surface area contributed by atoms with E-state index in [0.29, 0.717) is 12.3 Å². The Balaban J connectivity index is 2.05. The van der Waals surface area contributed by atoms with Crippen molar-refractivity contribution < 1.29 is 22.7 Å². The minimum absolute atomic E-state index is 0.139. The van der Waals surface area contributed by atoms with Crippen LogP contribution in [0.4, 0.5) is 5.69 Å². The molecule has 0 saturated carbocycles. The van der Waals surface area contributed by atoms with Gasteiger partial charge in [0, 0.05) is 19.5 Å². The van der Waals surface area contributed by atoms with E-state index in [1.54, 1.807) is 24.3 Å². The Bertz CT molecular complexity index is 1340. The standard InChI is InChI=1S/C30H37N3O5S/c1-5-19-31-30(35)27(20-24-11-7-6-8-12-24)32(21-25-17-15-23(2)16-18-25)29(34)22-33(39(4,36)37)26-13-9-10-14-28(26)38-3/h6-18,27H,5,19-22H2,1-4H3,(H,31,35)/t27-/m1/s1. The monoisotopic (exact) mass is 551 g/mol. The van der Waals surface area contributed by atoms with E-state index in [2.05, 4.69) is 5.32 Å². The van der Waals surface area contributed by atoms with Gasteiger partial charge in [-0.3, -0.25) is 13.9 Å². The van der Waals surface area contributed by atoms with E-state index < -0.39 is 28.5 Å². The molecule has 0 unspecified atom stereocenters. The summed E-state index contributed by atoms with van der Waals surface area (Å²) in [6.45, 7) is 4.05. The number of nitrogens with zero attached hydrogens (tertiary/aromatic N) is 2. The zero-order valence-corrected chi connectivity index (χ0v) is 23.8. The van der Waals surface area contributed by atoms with Crippen LogP contribution in [-0.4, -0.2) is 57.6 Å². The van der Waals surface area contributed by atoms with Crippen molar-refractivity contribution in [1.82, 2.24) is 10.2 Å². The van der Waals surface area contributed by atoms with E-state index in [1.807, 2.05) is 68.4 Å². The highest BCUT2D eigenvalue weighted by Crippen LogP contribution is 2.30. The molecule has 208 valence electrons. The number of carbonyl (C=O) groups is 2. The first-order chi connectivity index (χ1) is 18.6. The Morgan fingerprint density at radius 1 is 0.923 bits per heavy atom. The van der Waals surface area contributed by atoms with Gasteiger partial charge < -0.3 is 15.0 Å². The van der Waals surface area contributed by atoms with E-state index in [1.165, 1.54) is 12.0 Å². The van der Waals surface area contributed by atoms with Crippen LogP contribution in [0.3, 0.4) is 0 Å². The number of sulfonamides is 1. The molecule has 3 aromatic carbocycles. The number of nitrogens with one attached hydrogen (secondary N) is 1. The number of anilines is 1. The molecule has 0 saturated heterocycles. The van der Waals surface area contributed by atoms with Gasteiger partial charge in [0.05, 0.1) is 19.1 Å². The van der Waals surface area contributed by atoms with E-state index in [4.69, 9.17) is 4.74 Å². The van der Waals surface area contributed by atoms with Gasteiger partial charge in [-0.2, -0.15) is 0 Å². The van der Waals surface area contributed by atoms with Gasteiger partial charge in [0.15, 0.2) is 0 Å². The average molecular weight is 552 g/mol. The lowest BCUT2D eigenvalue weighted by Gasteiger charge is -2.33. The number of carbonyl (C=O) groups excluding carboxylic acids is 2. The third-order valence-corrected chi connectivity index (χ3v) is 7.45. The van der Waals surface area contributed by atoms with Gasteiger partial charge in [-0.1, -0.05) is 79.2 Å². The second kappa shape index (κ2) is 13.8. The zero-order valence-electron chi connectivity index (χ0n) is 23.0. The lowest BCUT2D eigenvalue weighted by molar-refractivity contribution is -0.140. The van der Waals surface area contributed by atoms with Crippen LogP contribution < -0.4 is 14.4 Å². The van der Waals surface area contributed by atoms with Crippen molar-refractivity contribution in [2.24, 2.45) is 0 Å². The number of benzene rings is 3. The summed E-state index contributed by atoms with van der Waals surface area (Å²) >= 11 is 0. The van der Waals surface area contributed by atoms with E-state index in [0.717, 1.165) is 33.7 Å². The summed E-state index contributed by atoms with van der Waals surface area (Å²) < 4.78 is 32.2. The molecule has 0 aliphatic carbocycles. The Hall–Kier alpha value is -3.85. The predicted octanol–water partition coefficient (Wildman–Crippen LogP) is 3.94.